The summed E-state index contributed by atoms with van der Waals surface area (Å²) in [6.45, 7) is 1.40. The van der Waals surface area contributed by atoms with Crippen LogP contribution in [0.3, 0.4) is 0 Å². The van der Waals surface area contributed by atoms with Crippen LogP contribution in [0, 0.1) is 11.8 Å². The van der Waals surface area contributed by atoms with Crippen LogP contribution >= 0.6 is 11.6 Å². The fourth-order valence-electron chi connectivity index (χ4n) is 1.83. The van der Waals surface area contributed by atoms with Gasteiger partial charge in [-0.05, 0) is 42.5 Å². The molecule has 0 fully saturated rings. The SMILES string of the molecule is CC(=O)Nc1ccc(C#CCNS(=O)(=O)c2cccc(Cl)c2)cc1. The summed E-state index contributed by atoms with van der Waals surface area (Å²) in [6.07, 6.45) is 0. The molecule has 0 aliphatic rings. The topological polar surface area (TPSA) is 75.3 Å². The summed E-state index contributed by atoms with van der Waals surface area (Å²) in [5, 5.41) is 3.00. The molecule has 0 aliphatic heterocycles. The maximum Gasteiger partial charge on any atom is 0.241 e. The van der Waals surface area contributed by atoms with Crippen molar-refractivity contribution in [2.24, 2.45) is 0 Å². The number of hydrogen-bond acceptors (Lipinski definition) is 3. The van der Waals surface area contributed by atoms with Crippen LogP contribution in [-0.4, -0.2) is 20.9 Å². The average molecular weight is 363 g/mol. The summed E-state index contributed by atoms with van der Waals surface area (Å²) < 4.78 is 26.5. The van der Waals surface area contributed by atoms with E-state index in [1.54, 1.807) is 36.4 Å². The van der Waals surface area contributed by atoms with Crippen LogP contribution in [0.1, 0.15) is 12.5 Å². The second-order valence-electron chi connectivity index (χ2n) is 4.84. The number of halogens is 1. The van der Waals surface area contributed by atoms with Crippen LogP contribution in [0.25, 0.3) is 0 Å². The molecule has 2 N–H and O–H groups in total. The molecule has 124 valence electrons. The molecular weight excluding hydrogens is 348 g/mol. The van der Waals surface area contributed by atoms with Crippen molar-refractivity contribution >= 4 is 33.2 Å². The molecule has 0 saturated heterocycles. The number of benzene rings is 2. The zero-order valence-electron chi connectivity index (χ0n) is 12.8. The van der Waals surface area contributed by atoms with Gasteiger partial charge in [-0.2, -0.15) is 4.72 Å². The van der Waals surface area contributed by atoms with E-state index in [4.69, 9.17) is 11.6 Å². The Hall–Kier alpha value is -2.33. The Kier molecular flexibility index (Phi) is 5.99. The van der Waals surface area contributed by atoms with Gasteiger partial charge in [-0.15, -0.1) is 0 Å². The van der Waals surface area contributed by atoms with Crippen molar-refractivity contribution in [3.8, 4) is 11.8 Å². The van der Waals surface area contributed by atoms with Crippen molar-refractivity contribution in [2.45, 2.75) is 11.8 Å². The van der Waals surface area contributed by atoms with Gasteiger partial charge in [0, 0.05) is 23.2 Å². The number of anilines is 1. The Labute approximate surface area is 146 Å². The third kappa shape index (κ3) is 5.39. The molecule has 5 nitrogen and oxygen atoms in total. The molecule has 0 aromatic heterocycles. The number of sulfonamides is 1. The predicted molar refractivity (Wildman–Crippen MR) is 94.3 cm³/mol. The van der Waals surface area contributed by atoms with Gasteiger partial charge in [-0.3, -0.25) is 4.79 Å². The number of carbonyl (C=O) groups excluding carboxylic acids is 1. The normalized spacial score (nSPS) is 10.6. The van der Waals surface area contributed by atoms with Gasteiger partial charge in [0.15, 0.2) is 0 Å². The Morgan fingerprint density at radius 3 is 2.50 bits per heavy atom. The number of rotatable bonds is 4. The average Bonchev–Trinajstić information content (AvgIpc) is 2.52. The molecule has 0 unspecified atom stereocenters. The van der Waals surface area contributed by atoms with Gasteiger partial charge in [-0.1, -0.05) is 29.5 Å². The third-order valence-corrected chi connectivity index (χ3v) is 4.53. The van der Waals surface area contributed by atoms with E-state index in [-0.39, 0.29) is 17.3 Å². The van der Waals surface area contributed by atoms with E-state index < -0.39 is 10.0 Å². The van der Waals surface area contributed by atoms with Gasteiger partial charge < -0.3 is 5.32 Å². The van der Waals surface area contributed by atoms with Gasteiger partial charge in [0.25, 0.3) is 0 Å². The first kappa shape index (κ1) is 18.0. The minimum atomic E-state index is -3.64. The van der Waals surface area contributed by atoms with Crippen LogP contribution in [0.5, 0.6) is 0 Å². The fraction of sp³-hybridized carbons (Fsp3) is 0.118. The highest BCUT2D eigenvalue weighted by Gasteiger charge is 2.12. The molecule has 24 heavy (non-hydrogen) atoms. The maximum absolute atomic E-state index is 12.1. The first-order valence-corrected chi connectivity index (χ1v) is 8.85. The maximum atomic E-state index is 12.1. The fourth-order valence-corrected chi connectivity index (χ4v) is 3.06. The van der Waals surface area contributed by atoms with E-state index in [2.05, 4.69) is 21.9 Å². The summed E-state index contributed by atoms with van der Waals surface area (Å²) in [4.78, 5) is 11.0. The largest absolute Gasteiger partial charge is 0.326 e. The van der Waals surface area contributed by atoms with Gasteiger partial charge in [0.1, 0.15) is 0 Å². The second kappa shape index (κ2) is 7.97. The summed E-state index contributed by atoms with van der Waals surface area (Å²) >= 11 is 5.79. The van der Waals surface area contributed by atoms with Crippen LogP contribution in [-0.2, 0) is 14.8 Å². The molecule has 7 heteroatoms. The van der Waals surface area contributed by atoms with Crippen LogP contribution in [0.2, 0.25) is 5.02 Å². The van der Waals surface area contributed by atoms with Crippen molar-refractivity contribution in [3.63, 3.8) is 0 Å². The summed E-state index contributed by atoms with van der Waals surface area (Å²) in [7, 11) is -3.64. The number of amides is 1. The quantitative estimate of drug-likeness (QED) is 0.821. The lowest BCUT2D eigenvalue weighted by molar-refractivity contribution is -0.114. The number of hydrogen-bond donors (Lipinski definition) is 2. The summed E-state index contributed by atoms with van der Waals surface area (Å²) in [6, 6.07) is 12.9. The lowest BCUT2D eigenvalue weighted by Gasteiger charge is -2.03. The second-order valence-corrected chi connectivity index (χ2v) is 7.05. The number of nitrogens with one attached hydrogen (secondary N) is 2. The molecule has 2 rings (SSSR count). The van der Waals surface area contributed by atoms with E-state index >= 15 is 0 Å². The molecular formula is C17H15ClN2O3S. The van der Waals surface area contributed by atoms with Gasteiger partial charge >= 0.3 is 0 Å². The zero-order valence-corrected chi connectivity index (χ0v) is 14.4. The lowest BCUT2D eigenvalue weighted by Crippen LogP contribution is -2.23. The Morgan fingerprint density at radius 2 is 1.88 bits per heavy atom. The van der Waals surface area contributed by atoms with Crippen molar-refractivity contribution in [3.05, 3.63) is 59.1 Å². The van der Waals surface area contributed by atoms with Crippen molar-refractivity contribution in [2.75, 3.05) is 11.9 Å². The smallest absolute Gasteiger partial charge is 0.241 e. The summed E-state index contributed by atoms with van der Waals surface area (Å²) in [5.74, 6) is 5.44. The van der Waals surface area contributed by atoms with E-state index in [0.29, 0.717) is 16.3 Å². The summed E-state index contributed by atoms with van der Waals surface area (Å²) in [5.41, 5.74) is 1.39. The van der Waals surface area contributed by atoms with Crippen LogP contribution in [0.4, 0.5) is 5.69 Å². The zero-order chi connectivity index (χ0) is 17.6. The van der Waals surface area contributed by atoms with E-state index in [1.165, 1.54) is 19.1 Å². The van der Waals surface area contributed by atoms with E-state index in [9.17, 15) is 13.2 Å². The Morgan fingerprint density at radius 1 is 1.17 bits per heavy atom. The third-order valence-electron chi connectivity index (χ3n) is 2.89. The van der Waals surface area contributed by atoms with E-state index in [0.717, 1.165) is 0 Å². The highest BCUT2D eigenvalue weighted by Crippen LogP contribution is 2.14. The van der Waals surface area contributed by atoms with Gasteiger partial charge in [0.2, 0.25) is 15.9 Å². The van der Waals surface area contributed by atoms with Crippen LogP contribution < -0.4 is 10.0 Å². The molecule has 1 amide bonds. The molecule has 0 spiro atoms. The predicted octanol–water partition coefficient (Wildman–Crippen LogP) is 2.63. The molecule has 0 bridgehead atoms. The molecule has 0 heterocycles. The molecule has 0 aliphatic carbocycles. The molecule has 0 saturated carbocycles. The van der Waals surface area contributed by atoms with Gasteiger partial charge in [-0.25, -0.2) is 8.42 Å². The highest BCUT2D eigenvalue weighted by molar-refractivity contribution is 7.89. The highest BCUT2D eigenvalue weighted by atomic mass is 35.5. The molecule has 0 atom stereocenters. The Bertz CT molecular complexity index is 897. The van der Waals surface area contributed by atoms with Crippen molar-refractivity contribution in [1.82, 2.24) is 4.72 Å². The minimum Gasteiger partial charge on any atom is -0.326 e. The van der Waals surface area contributed by atoms with Crippen molar-refractivity contribution < 1.29 is 13.2 Å². The molecule has 2 aromatic carbocycles. The molecule has 0 radical (unpaired) electrons. The van der Waals surface area contributed by atoms with Gasteiger partial charge in [0.05, 0.1) is 11.4 Å². The first-order chi connectivity index (χ1) is 11.4. The number of carbonyl (C=O) groups is 1. The minimum absolute atomic E-state index is 0.0255. The standard InChI is InChI=1S/C17H15ClN2O3S/c1-13(21)20-16-9-7-14(8-10-16)4-3-11-19-24(22,23)17-6-2-5-15(18)12-17/h2,5-10,12,19H,11H2,1H3,(H,20,21). The lowest BCUT2D eigenvalue weighted by atomic mass is 10.2. The Balaban J connectivity index is 1.97. The van der Waals surface area contributed by atoms with Crippen molar-refractivity contribution in [1.29, 1.82) is 0 Å². The van der Waals surface area contributed by atoms with E-state index in [1.807, 2.05) is 0 Å². The first-order valence-electron chi connectivity index (χ1n) is 6.98. The monoisotopic (exact) mass is 362 g/mol. The molecule has 2 aromatic rings. The van der Waals surface area contributed by atoms with Crippen LogP contribution in [0.15, 0.2) is 53.4 Å².